The molecule has 0 spiro atoms. The van der Waals surface area contributed by atoms with Crippen molar-refractivity contribution in [3.63, 3.8) is 0 Å². The van der Waals surface area contributed by atoms with E-state index in [9.17, 15) is 4.79 Å². The van der Waals surface area contributed by atoms with Crippen molar-refractivity contribution >= 4 is 0 Å². The van der Waals surface area contributed by atoms with E-state index >= 15 is 0 Å². The number of hydrogen-bond donors (Lipinski definition) is 1. The molecule has 0 radical (unpaired) electrons. The first-order valence-electron chi connectivity index (χ1n) is 5.11. The van der Waals surface area contributed by atoms with Crippen LogP contribution in [0.25, 0.3) is 0 Å². The predicted molar refractivity (Wildman–Crippen MR) is 57.8 cm³/mol. The first-order valence-corrected chi connectivity index (χ1v) is 5.11. The predicted octanol–water partition coefficient (Wildman–Crippen LogP) is 0.636. The van der Waals surface area contributed by atoms with Crippen LogP contribution < -0.4 is 15.2 Å². The van der Waals surface area contributed by atoms with Crippen LogP contribution in [0.4, 0.5) is 0 Å². The van der Waals surface area contributed by atoms with Crippen molar-refractivity contribution in [1.29, 1.82) is 0 Å². The van der Waals surface area contributed by atoms with Crippen LogP contribution in [0.15, 0.2) is 29.1 Å². The molecule has 3 heterocycles. The minimum Gasteiger partial charge on any atom is -0.460 e. The van der Waals surface area contributed by atoms with Gasteiger partial charge in [0, 0.05) is 0 Å². The van der Waals surface area contributed by atoms with Crippen molar-refractivity contribution in [3.8, 4) is 12.0 Å². The van der Waals surface area contributed by atoms with Gasteiger partial charge in [-0.3, -0.25) is 4.98 Å². The lowest BCUT2D eigenvalue weighted by Crippen LogP contribution is -2.15. The molecule has 1 N–H and O–H groups in total. The fourth-order valence-electron chi connectivity index (χ4n) is 1.51. The molecule has 0 amide bonds. The Labute approximate surface area is 96.3 Å². The van der Waals surface area contributed by atoms with E-state index < -0.39 is 5.69 Å². The average Bonchev–Trinajstić information content (AvgIpc) is 2.38. The first kappa shape index (κ1) is 9.83. The number of benzene rings is 1. The van der Waals surface area contributed by atoms with Crippen molar-refractivity contribution in [2.45, 2.75) is 13.2 Å². The number of nitrogens with zero attached hydrogens (tertiary/aromatic N) is 2. The van der Waals surface area contributed by atoms with Crippen LogP contribution in [-0.4, -0.2) is 15.0 Å². The van der Waals surface area contributed by atoms with E-state index in [2.05, 4.69) is 15.0 Å². The summed E-state index contributed by atoms with van der Waals surface area (Å²) in [7, 11) is 0. The largest absolute Gasteiger partial charge is 0.460 e. The average molecular weight is 231 g/mol. The lowest BCUT2D eigenvalue weighted by molar-refractivity contribution is 0.250. The van der Waals surface area contributed by atoms with Crippen LogP contribution in [-0.2, 0) is 13.2 Å². The van der Waals surface area contributed by atoms with Crippen molar-refractivity contribution in [3.05, 3.63) is 45.9 Å². The maximum absolute atomic E-state index is 11.2. The number of ether oxygens (including phenoxy) is 2. The molecule has 6 heteroatoms. The summed E-state index contributed by atoms with van der Waals surface area (Å²) in [4.78, 5) is 21.2. The molecular formula is C11H9N3O3. The van der Waals surface area contributed by atoms with Crippen LogP contribution in [0.3, 0.4) is 0 Å². The first-order chi connectivity index (χ1) is 8.29. The molecule has 0 fully saturated rings. The van der Waals surface area contributed by atoms with Gasteiger partial charge in [-0.15, -0.1) is 9.97 Å². The summed E-state index contributed by atoms with van der Waals surface area (Å²) in [5.41, 5.74) is 1.45. The molecule has 0 saturated heterocycles. The molecule has 0 aliphatic carbocycles. The standard InChI is InChI=1S/C11H9N3O3/c15-9-12-10-14-11(13-9)17-6-8-2-1-7(3-4-8)5-16-10/h1-4H,5-6H2,(H,12,13,14,15). The number of nitrogens with one attached hydrogen (secondary N) is 1. The highest BCUT2D eigenvalue weighted by Gasteiger charge is 2.08. The third kappa shape index (κ3) is 2.10. The van der Waals surface area contributed by atoms with Crippen molar-refractivity contribution < 1.29 is 9.47 Å². The Morgan fingerprint density at radius 2 is 1.65 bits per heavy atom. The van der Waals surface area contributed by atoms with Gasteiger partial charge < -0.3 is 9.47 Å². The van der Waals surface area contributed by atoms with Crippen molar-refractivity contribution in [1.82, 2.24) is 15.0 Å². The molecule has 6 nitrogen and oxygen atoms in total. The number of fused-ring (bicyclic) bond motifs is 4. The highest BCUT2D eigenvalue weighted by Crippen LogP contribution is 2.13. The fourth-order valence-corrected chi connectivity index (χ4v) is 1.51. The monoisotopic (exact) mass is 231 g/mol. The molecular weight excluding hydrogens is 222 g/mol. The fraction of sp³-hybridized carbons (Fsp3) is 0.182. The number of aromatic nitrogens is 3. The molecule has 0 saturated carbocycles. The van der Waals surface area contributed by atoms with Gasteiger partial charge in [-0.1, -0.05) is 24.3 Å². The minimum absolute atomic E-state index is 0.0217. The molecule has 0 unspecified atom stereocenters. The quantitative estimate of drug-likeness (QED) is 0.719. The maximum Gasteiger partial charge on any atom is 0.353 e. The van der Waals surface area contributed by atoms with Gasteiger partial charge in [0.1, 0.15) is 13.2 Å². The summed E-state index contributed by atoms with van der Waals surface area (Å²) in [5, 5.41) is 0. The van der Waals surface area contributed by atoms with Crippen LogP contribution in [0.1, 0.15) is 11.1 Å². The SMILES string of the molecule is O=c1nc2nc([nH]1)OCc1ccc(cc1)CO2. The van der Waals surface area contributed by atoms with Gasteiger partial charge in [-0.2, -0.15) is 0 Å². The summed E-state index contributed by atoms with van der Waals surface area (Å²) in [5.74, 6) is 0. The second kappa shape index (κ2) is 3.89. The van der Waals surface area contributed by atoms with Crippen LogP contribution >= 0.6 is 0 Å². The molecule has 2 aliphatic rings. The van der Waals surface area contributed by atoms with E-state index in [4.69, 9.17) is 9.47 Å². The molecule has 2 aromatic rings. The molecule has 4 bridgehead atoms. The van der Waals surface area contributed by atoms with Crippen LogP contribution in [0, 0.1) is 0 Å². The van der Waals surface area contributed by atoms with Gasteiger partial charge in [0.15, 0.2) is 0 Å². The Kier molecular flexibility index (Phi) is 2.25. The Balaban J connectivity index is 2.04. The Hall–Kier alpha value is -2.37. The van der Waals surface area contributed by atoms with Crippen molar-refractivity contribution in [2.75, 3.05) is 0 Å². The second-order valence-corrected chi connectivity index (χ2v) is 3.64. The summed E-state index contributed by atoms with van der Waals surface area (Å²) in [6.45, 7) is 0.663. The third-order valence-electron chi connectivity index (χ3n) is 2.37. The molecule has 4 rings (SSSR count). The Morgan fingerprint density at radius 3 is 2.35 bits per heavy atom. The molecule has 17 heavy (non-hydrogen) atoms. The summed E-state index contributed by atoms with van der Waals surface area (Å²) in [6.07, 6.45) is 0. The van der Waals surface area contributed by atoms with Gasteiger partial charge in [0.25, 0.3) is 0 Å². The topological polar surface area (TPSA) is 77.1 Å². The van der Waals surface area contributed by atoms with Gasteiger partial charge in [0.05, 0.1) is 0 Å². The summed E-state index contributed by atoms with van der Waals surface area (Å²) in [6, 6.07) is 7.90. The zero-order chi connectivity index (χ0) is 11.7. The van der Waals surface area contributed by atoms with Crippen LogP contribution in [0.5, 0.6) is 12.0 Å². The van der Waals surface area contributed by atoms with Gasteiger partial charge in [-0.05, 0) is 11.1 Å². The highest BCUT2D eigenvalue weighted by molar-refractivity contribution is 5.22. The molecule has 86 valence electrons. The number of rotatable bonds is 0. The summed E-state index contributed by atoms with van der Waals surface area (Å²) < 4.78 is 10.7. The number of aromatic amines is 1. The molecule has 0 atom stereocenters. The van der Waals surface area contributed by atoms with Gasteiger partial charge in [-0.25, -0.2) is 4.79 Å². The van der Waals surface area contributed by atoms with E-state index in [0.29, 0.717) is 13.2 Å². The lowest BCUT2D eigenvalue weighted by atomic mass is 10.1. The lowest BCUT2D eigenvalue weighted by Gasteiger charge is -2.04. The second-order valence-electron chi connectivity index (χ2n) is 3.64. The van der Waals surface area contributed by atoms with E-state index in [0.717, 1.165) is 11.1 Å². The molecule has 1 aromatic carbocycles. The van der Waals surface area contributed by atoms with Crippen LogP contribution in [0.2, 0.25) is 0 Å². The maximum atomic E-state index is 11.2. The van der Waals surface area contributed by atoms with E-state index in [1.807, 2.05) is 24.3 Å². The summed E-state index contributed by atoms with van der Waals surface area (Å²) >= 11 is 0. The normalized spacial score (nSPS) is 13.4. The Bertz CT molecular complexity index is 543. The van der Waals surface area contributed by atoms with E-state index in [1.54, 1.807) is 0 Å². The zero-order valence-corrected chi connectivity index (χ0v) is 8.84. The van der Waals surface area contributed by atoms with E-state index in [-0.39, 0.29) is 12.0 Å². The molecule has 1 aromatic heterocycles. The minimum atomic E-state index is -0.535. The van der Waals surface area contributed by atoms with Gasteiger partial charge in [0.2, 0.25) is 0 Å². The smallest absolute Gasteiger partial charge is 0.353 e. The number of H-pyrrole nitrogens is 1. The van der Waals surface area contributed by atoms with Gasteiger partial charge >= 0.3 is 17.7 Å². The van der Waals surface area contributed by atoms with Crippen molar-refractivity contribution in [2.24, 2.45) is 0 Å². The zero-order valence-electron chi connectivity index (χ0n) is 8.84. The molecule has 2 aliphatic heterocycles. The Morgan fingerprint density at radius 1 is 1.00 bits per heavy atom. The highest BCUT2D eigenvalue weighted by atomic mass is 16.5. The third-order valence-corrected chi connectivity index (χ3v) is 2.37. The van der Waals surface area contributed by atoms with E-state index in [1.165, 1.54) is 0 Å². The number of hydrogen-bond acceptors (Lipinski definition) is 5.